The number of allylic oxidation sites excluding steroid dienone is 1. The summed E-state index contributed by atoms with van der Waals surface area (Å²) >= 11 is 0. The fraction of sp³-hybridized carbons (Fsp3) is 0.905. The van der Waals surface area contributed by atoms with Crippen molar-refractivity contribution in [3.05, 3.63) is 11.8 Å². The maximum atomic E-state index is 6.01. The Bertz CT molecular complexity index is 372. The minimum atomic E-state index is 0.509. The Hall–Kier alpha value is -0.460. The van der Waals surface area contributed by atoms with Crippen LogP contribution in [0.4, 0.5) is 0 Å². The molecule has 2 saturated carbocycles. The van der Waals surface area contributed by atoms with Crippen molar-refractivity contribution in [2.24, 2.45) is 23.7 Å². The van der Waals surface area contributed by atoms with Gasteiger partial charge >= 0.3 is 0 Å². The van der Waals surface area contributed by atoms with Crippen LogP contribution in [0.5, 0.6) is 0 Å². The minimum absolute atomic E-state index is 0.509. The first kappa shape index (κ1) is 16.4. The van der Waals surface area contributed by atoms with E-state index in [9.17, 15) is 0 Å². The molecule has 0 bridgehead atoms. The highest BCUT2D eigenvalue weighted by Gasteiger charge is 2.36. The van der Waals surface area contributed by atoms with E-state index >= 15 is 0 Å². The van der Waals surface area contributed by atoms with Crippen LogP contribution in [-0.2, 0) is 4.74 Å². The van der Waals surface area contributed by atoms with E-state index < -0.39 is 0 Å². The zero-order valence-corrected chi connectivity index (χ0v) is 14.9. The normalized spacial score (nSPS) is 38.8. The first-order valence-corrected chi connectivity index (χ1v) is 10.1. The van der Waals surface area contributed by atoms with Gasteiger partial charge in [0.1, 0.15) is 0 Å². The Kier molecular flexibility index (Phi) is 5.88. The third-order valence-electron chi connectivity index (χ3n) is 6.72. The molecule has 0 aromatic rings. The molecule has 2 aliphatic carbocycles. The standard InChI is InChI=1S/C21H36O/c1-3-5-16-7-8-18-14-19(10-9-17(18)13-16)20-11-12-21(6-4-2)22-15-20/h15-19,21H,3-14H2,1-2H3. The molecule has 0 aromatic heterocycles. The zero-order valence-electron chi connectivity index (χ0n) is 14.9. The zero-order chi connectivity index (χ0) is 15.4. The number of fused-ring (bicyclic) bond motifs is 1. The van der Waals surface area contributed by atoms with Gasteiger partial charge in [-0.25, -0.2) is 0 Å². The van der Waals surface area contributed by atoms with Gasteiger partial charge in [-0.3, -0.25) is 0 Å². The van der Waals surface area contributed by atoms with Crippen LogP contribution >= 0.6 is 0 Å². The molecule has 0 amide bonds. The van der Waals surface area contributed by atoms with Crippen LogP contribution < -0.4 is 0 Å². The average Bonchev–Trinajstić information content (AvgIpc) is 2.56. The first-order chi connectivity index (χ1) is 10.8. The van der Waals surface area contributed by atoms with Crippen LogP contribution in [0.15, 0.2) is 11.8 Å². The van der Waals surface area contributed by atoms with Crippen LogP contribution in [0.1, 0.15) is 90.9 Å². The largest absolute Gasteiger partial charge is 0.498 e. The highest BCUT2D eigenvalue weighted by molar-refractivity contribution is 5.09. The molecule has 0 aromatic carbocycles. The number of rotatable bonds is 5. The van der Waals surface area contributed by atoms with Crippen LogP contribution in [0.3, 0.4) is 0 Å². The Labute approximate surface area is 137 Å². The van der Waals surface area contributed by atoms with Crippen LogP contribution in [0, 0.1) is 23.7 Å². The molecular weight excluding hydrogens is 268 g/mol. The van der Waals surface area contributed by atoms with E-state index in [-0.39, 0.29) is 0 Å². The van der Waals surface area contributed by atoms with Crippen molar-refractivity contribution in [1.82, 2.24) is 0 Å². The van der Waals surface area contributed by atoms with E-state index in [1.807, 2.05) is 0 Å². The van der Waals surface area contributed by atoms with Gasteiger partial charge in [0.05, 0.1) is 12.4 Å². The SMILES string of the molecule is CCCC1CCC2CC(C3=COC(CCC)CC3)CCC2C1. The van der Waals surface area contributed by atoms with Crippen molar-refractivity contribution >= 4 is 0 Å². The monoisotopic (exact) mass is 304 g/mol. The highest BCUT2D eigenvalue weighted by Crippen LogP contribution is 2.48. The Morgan fingerprint density at radius 2 is 1.68 bits per heavy atom. The second-order valence-electron chi connectivity index (χ2n) is 8.28. The summed E-state index contributed by atoms with van der Waals surface area (Å²) in [6.07, 6.45) is 19.6. The summed E-state index contributed by atoms with van der Waals surface area (Å²) in [6.45, 7) is 4.61. The lowest BCUT2D eigenvalue weighted by molar-refractivity contribution is 0.0834. The van der Waals surface area contributed by atoms with Gasteiger partial charge < -0.3 is 4.74 Å². The van der Waals surface area contributed by atoms with E-state index in [0.29, 0.717) is 6.10 Å². The topological polar surface area (TPSA) is 9.23 Å². The molecule has 0 saturated heterocycles. The van der Waals surface area contributed by atoms with Crippen molar-refractivity contribution < 1.29 is 4.74 Å². The first-order valence-electron chi connectivity index (χ1n) is 10.1. The van der Waals surface area contributed by atoms with Crippen molar-refractivity contribution in [2.45, 2.75) is 97.0 Å². The van der Waals surface area contributed by atoms with Gasteiger partial charge in [-0.05, 0) is 80.6 Å². The molecule has 1 aliphatic heterocycles. The molecule has 1 heterocycles. The van der Waals surface area contributed by atoms with E-state index in [2.05, 4.69) is 20.1 Å². The lowest BCUT2D eigenvalue weighted by atomic mass is 9.63. The van der Waals surface area contributed by atoms with Crippen LogP contribution in [-0.4, -0.2) is 6.10 Å². The second-order valence-corrected chi connectivity index (χ2v) is 8.28. The Morgan fingerprint density at radius 3 is 2.41 bits per heavy atom. The second kappa shape index (κ2) is 7.88. The van der Waals surface area contributed by atoms with Crippen molar-refractivity contribution in [3.8, 4) is 0 Å². The highest BCUT2D eigenvalue weighted by atomic mass is 16.5. The molecule has 126 valence electrons. The molecule has 2 fully saturated rings. The Balaban J connectivity index is 1.51. The summed E-state index contributed by atoms with van der Waals surface area (Å²) in [5, 5.41) is 0. The van der Waals surface area contributed by atoms with Gasteiger partial charge in [0, 0.05) is 0 Å². The minimum Gasteiger partial charge on any atom is -0.498 e. The molecule has 3 rings (SSSR count). The van der Waals surface area contributed by atoms with Gasteiger partial charge in [-0.15, -0.1) is 0 Å². The molecular formula is C21H36O. The maximum absolute atomic E-state index is 6.01. The molecule has 3 aliphatic rings. The maximum Gasteiger partial charge on any atom is 0.0981 e. The fourth-order valence-corrected chi connectivity index (χ4v) is 5.47. The summed E-state index contributed by atoms with van der Waals surface area (Å²) < 4.78 is 6.01. The van der Waals surface area contributed by atoms with Crippen molar-refractivity contribution in [2.75, 3.05) is 0 Å². The van der Waals surface area contributed by atoms with Crippen LogP contribution in [0.2, 0.25) is 0 Å². The number of hydrogen-bond donors (Lipinski definition) is 0. The van der Waals surface area contributed by atoms with E-state index in [1.54, 1.807) is 12.0 Å². The molecule has 5 atom stereocenters. The van der Waals surface area contributed by atoms with E-state index in [1.165, 1.54) is 70.6 Å². The smallest absolute Gasteiger partial charge is 0.0981 e. The molecule has 5 unspecified atom stereocenters. The molecule has 0 N–H and O–H groups in total. The van der Waals surface area contributed by atoms with Gasteiger partial charge in [-0.1, -0.05) is 39.5 Å². The summed E-state index contributed by atoms with van der Waals surface area (Å²) in [7, 11) is 0. The molecule has 1 nitrogen and oxygen atoms in total. The van der Waals surface area contributed by atoms with Gasteiger partial charge in [0.2, 0.25) is 0 Å². The average molecular weight is 305 g/mol. The van der Waals surface area contributed by atoms with Crippen molar-refractivity contribution in [1.29, 1.82) is 0 Å². The number of hydrogen-bond acceptors (Lipinski definition) is 1. The summed E-state index contributed by atoms with van der Waals surface area (Å²) in [5.74, 6) is 3.99. The molecule has 22 heavy (non-hydrogen) atoms. The molecule has 1 heteroatoms. The summed E-state index contributed by atoms with van der Waals surface area (Å²) in [4.78, 5) is 0. The summed E-state index contributed by atoms with van der Waals surface area (Å²) in [5.41, 5.74) is 1.65. The van der Waals surface area contributed by atoms with Crippen molar-refractivity contribution in [3.63, 3.8) is 0 Å². The van der Waals surface area contributed by atoms with Gasteiger partial charge in [-0.2, -0.15) is 0 Å². The summed E-state index contributed by atoms with van der Waals surface area (Å²) in [6, 6.07) is 0. The number of ether oxygens (including phenoxy) is 1. The quantitative estimate of drug-likeness (QED) is 0.564. The fourth-order valence-electron chi connectivity index (χ4n) is 5.47. The Morgan fingerprint density at radius 1 is 0.909 bits per heavy atom. The third-order valence-corrected chi connectivity index (χ3v) is 6.72. The predicted octanol–water partition coefficient (Wildman–Crippen LogP) is 6.48. The molecule has 0 spiro atoms. The van der Waals surface area contributed by atoms with Gasteiger partial charge in [0.15, 0.2) is 0 Å². The van der Waals surface area contributed by atoms with Crippen LogP contribution in [0.25, 0.3) is 0 Å². The lowest BCUT2D eigenvalue weighted by Gasteiger charge is -2.43. The third kappa shape index (κ3) is 3.89. The van der Waals surface area contributed by atoms with E-state index in [4.69, 9.17) is 4.74 Å². The predicted molar refractivity (Wildman–Crippen MR) is 93.7 cm³/mol. The molecule has 0 radical (unpaired) electrons. The lowest BCUT2D eigenvalue weighted by Crippen LogP contribution is -2.32. The van der Waals surface area contributed by atoms with Gasteiger partial charge in [0.25, 0.3) is 0 Å². The van der Waals surface area contributed by atoms with E-state index in [0.717, 1.165) is 23.7 Å².